The van der Waals surface area contributed by atoms with Gasteiger partial charge in [-0.1, -0.05) is 23.8 Å². The van der Waals surface area contributed by atoms with Crippen molar-refractivity contribution in [2.75, 3.05) is 6.61 Å². The quantitative estimate of drug-likeness (QED) is 0.680. The van der Waals surface area contributed by atoms with Crippen LogP contribution in [0.4, 0.5) is 0 Å². The minimum Gasteiger partial charge on any atom is -0.461 e. The van der Waals surface area contributed by atoms with Gasteiger partial charge in [0.15, 0.2) is 5.69 Å². The van der Waals surface area contributed by atoms with E-state index < -0.39 is 5.97 Å². The first-order valence-corrected chi connectivity index (χ1v) is 7.22. The minimum atomic E-state index is -0.434. The molecular weight excluding hydrogens is 310 g/mol. The molecule has 1 aliphatic heterocycles. The van der Waals surface area contributed by atoms with Crippen LogP contribution in [0, 0.1) is 0 Å². The number of rotatable bonds is 2. The number of fused-ring (bicyclic) bond motifs is 3. The Balaban J connectivity index is 2.15. The van der Waals surface area contributed by atoms with Crippen molar-refractivity contribution in [3.05, 3.63) is 46.5 Å². The number of hydrogen-bond donors (Lipinski definition) is 1. The Hall–Kier alpha value is -1.92. The summed E-state index contributed by atoms with van der Waals surface area (Å²) in [7, 11) is 0. The highest BCUT2D eigenvalue weighted by Crippen LogP contribution is 2.25. The molecule has 0 amide bonds. The van der Waals surface area contributed by atoms with Gasteiger partial charge in [-0.3, -0.25) is 4.57 Å². The predicted molar refractivity (Wildman–Crippen MR) is 83.1 cm³/mol. The number of carbonyl (C=O) groups is 1. The highest BCUT2D eigenvalue weighted by molar-refractivity contribution is 7.80. The van der Waals surface area contributed by atoms with Gasteiger partial charge in [-0.05, 0) is 25.1 Å². The lowest BCUT2D eigenvalue weighted by Gasteiger charge is -2.08. The van der Waals surface area contributed by atoms with Gasteiger partial charge < -0.3 is 10.1 Å². The van der Waals surface area contributed by atoms with E-state index in [-0.39, 0.29) is 0 Å². The molecule has 0 fully saturated rings. The maximum Gasteiger partial charge on any atom is 0.358 e. The van der Waals surface area contributed by atoms with Crippen LogP contribution in [-0.2, 0) is 11.3 Å². The summed E-state index contributed by atoms with van der Waals surface area (Å²) in [6.07, 6.45) is 1.60. The SMILES string of the molecule is CCOC(=O)c1ncn2c1CNC(=S)c1cc(Cl)ccc1-2. The van der Waals surface area contributed by atoms with Gasteiger partial charge in [0.2, 0.25) is 0 Å². The van der Waals surface area contributed by atoms with Crippen LogP contribution < -0.4 is 5.32 Å². The number of halogens is 1. The molecule has 2 heterocycles. The van der Waals surface area contributed by atoms with Gasteiger partial charge in [0.25, 0.3) is 0 Å². The van der Waals surface area contributed by atoms with Crippen molar-refractivity contribution in [3.63, 3.8) is 0 Å². The van der Waals surface area contributed by atoms with E-state index in [0.29, 0.717) is 28.9 Å². The normalized spacial score (nSPS) is 13.0. The number of nitrogens with one attached hydrogen (secondary N) is 1. The van der Waals surface area contributed by atoms with Crippen molar-refractivity contribution in [1.29, 1.82) is 0 Å². The second kappa shape index (κ2) is 5.46. The molecule has 1 aromatic heterocycles. The molecule has 21 heavy (non-hydrogen) atoms. The molecule has 1 N–H and O–H groups in total. The number of nitrogens with zero attached hydrogens (tertiary/aromatic N) is 2. The zero-order valence-electron chi connectivity index (χ0n) is 11.2. The average molecular weight is 322 g/mol. The summed E-state index contributed by atoms with van der Waals surface area (Å²) in [5.74, 6) is -0.434. The van der Waals surface area contributed by atoms with Gasteiger partial charge in [0, 0.05) is 10.6 Å². The van der Waals surface area contributed by atoms with E-state index in [9.17, 15) is 4.79 Å². The van der Waals surface area contributed by atoms with Crippen LogP contribution in [0.25, 0.3) is 5.69 Å². The molecule has 1 aromatic carbocycles. The fraction of sp³-hybridized carbons (Fsp3) is 0.214. The van der Waals surface area contributed by atoms with E-state index in [1.54, 1.807) is 25.4 Å². The zero-order valence-corrected chi connectivity index (χ0v) is 12.8. The summed E-state index contributed by atoms with van der Waals surface area (Å²) < 4.78 is 6.87. The number of hydrogen-bond acceptors (Lipinski definition) is 4. The van der Waals surface area contributed by atoms with Crippen molar-refractivity contribution in [2.45, 2.75) is 13.5 Å². The Morgan fingerprint density at radius 2 is 2.38 bits per heavy atom. The van der Waals surface area contributed by atoms with E-state index >= 15 is 0 Å². The molecule has 0 saturated heterocycles. The molecule has 0 radical (unpaired) electrons. The molecule has 0 aliphatic carbocycles. The molecule has 0 atom stereocenters. The first kappa shape index (κ1) is 14.0. The fourth-order valence-electron chi connectivity index (χ4n) is 2.28. The lowest BCUT2D eigenvalue weighted by molar-refractivity contribution is 0.0518. The molecule has 0 spiro atoms. The van der Waals surface area contributed by atoms with E-state index in [2.05, 4.69) is 10.3 Å². The lowest BCUT2D eigenvalue weighted by Crippen LogP contribution is -2.21. The molecule has 0 bridgehead atoms. The number of aromatic nitrogens is 2. The van der Waals surface area contributed by atoms with Crippen LogP contribution in [0.5, 0.6) is 0 Å². The Labute approximate surface area is 131 Å². The first-order valence-electron chi connectivity index (χ1n) is 6.43. The zero-order chi connectivity index (χ0) is 15.0. The van der Waals surface area contributed by atoms with Gasteiger partial charge in [-0.15, -0.1) is 0 Å². The van der Waals surface area contributed by atoms with Crippen LogP contribution in [0.2, 0.25) is 5.02 Å². The van der Waals surface area contributed by atoms with E-state index in [1.807, 2.05) is 10.6 Å². The maximum absolute atomic E-state index is 12.0. The fourth-order valence-corrected chi connectivity index (χ4v) is 2.69. The minimum absolute atomic E-state index is 0.301. The Bertz CT molecular complexity index is 742. The van der Waals surface area contributed by atoms with Gasteiger partial charge in [0.1, 0.15) is 11.3 Å². The van der Waals surface area contributed by atoms with Crippen LogP contribution >= 0.6 is 23.8 Å². The molecule has 3 rings (SSSR count). The number of thiocarbonyl (C=S) groups is 1. The van der Waals surface area contributed by atoms with E-state index in [1.165, 1.54) is 0 Å². The van der Waals surface area contributed by atoms with E-state index in [0.717, 1.165) is 16.9 Å². The average Bonchev–Trinajstić information content (AvgIpc) is 2.83. The third-order valence-electron chi connectivity index (χ3n) is 3.21. The second-order valence-corrected chi connectivity index (χ2v) is 5.32. The summed E-state index contributed by atoms with van der Waals surface area (Å²) in [4.78, 5) is 16.7. The maximum atomic E-state index is 12.0. The van der Waals surface area contributed by atoms with Crippen LogP contribution in [-0.4, -0.2) is 27.1 Å². The third-order valence-corrected chi connectivity index (χ3v) is 3.81. The van der Waals surface area contributed by atoms with Crippen molar-refractivity contribution in [2.24, 2.45) is 0 Å². The molecule has 0 unspecified atom stereocenters. The number of esters is 1. The standard InChI is InChI=1S/C14H12ClN3O2S/c1-2-20-14(19)12-11-6-16-13(21)9-5-8(15)3-4-10(9)18(11)7-17-12/h3-5,7H,2,6H2,1H3,(H,16,21). The first-order chi connectivity index (χ1) is 10.1. The molecular formula is C14H12ClN3O2S. The lowest BCUT2D eigenvalue weighted by atomic mass is 10.1. The predicted octanol–water partition coefficient (Wildman–Crippen LogP) is 2.48. The molecule has 7 heteroatoms. The topological polar surface area (TPSA) is 56.1 Å². The third kappa shape index (κ3) is 2.41. The molecule has 108 valence electrons. The highest BCUT2D eigenvalue weighted by atomic mass is 35.5. The Morgan fingerprint density at radius 3 is 3.14 bits per heavy atom. The van der Waals surface area contributed by atoms with Crippen LogP contribution in [0.1, 0.15) is 28.7 Å². The molecule has 0 saturated carbocycles. The van der Waals surface area contributed by atoms with Gasteiger partial charge >= 0.3 is 5.97 Å². The summed E-state index contributed by atoms with van der Waals surface area (Å²) >= 11 is 11.4. The summed E-state index contributed by atoms with van der Waals surface area (Å²) in [5.41, 5.74) is 2.67. The van der Waals surface area contributed by atoms with Gasteiger partial charge in [0.05, 0.1) is 24.5 Å². The Kier molecular flexibility index (Phi) is 3.65. The van der Waals surface area contributed by atoms with Crippen molar-refractivity contribution < 1.29 is 9.53 Å². The summed E-state index contributed by atoms with van der Waals surface area (Å²) in [5, 5.41) is 3.72. The molecule has 2 aromatic rings. The largest absolute Gasteiger partial charge is 0.461 e. The van der Waals surface area contributed by atoms with Crippen molar-refractivity contribution >= 4 is 34.8 Å². The van der Waals surface area contributed by atoms with Crippen molar-refractivity contribution in [1.82, 2.24) is 14.9 Å². The smallest absolute Gasteiger partial charge is 0.358 e. The highest BCUT2D eigenvalue weighted by Gasteiger charge is 2.24. The number of benzene rings is 1. The summed E-state index contributed by atoms with van der Waals surface area (Å²) in [6.45, 7) is 2.47. The Morgan fingerprint density at radius 1 is 1.57 bits per heavy atom. The molecule has 5 nitrogen and oxygen atoms in total. The number of imidazole rings is 1. The number of carbonyl (C=O) groups excluding carboxylic acids is 1. The van der Waals surface area contributed by atoms with Gasteiger partial charge in [-0.25, -0.2) is 9.78 Å². The summed E-state index contributed by atoms with van der Waals surface area (Å²) in [6, 6.07) is 5.44. The monoisotopic (exact) mass is 321 g/mol. The van der Waals surface area contributed by atoms with Crippen LogP contribution in [0.3, 0.4) is 0 Å². The van der Waals surface area contributed by atoms with Crippen molar-refractivity contribution in [3.8, 4) is 5.69 Å². The molecule has 1 aliphatic rings. The van der Waals surface area contributed by atoms with E-state index in [4.69, 9.17) is 28.6 Å². The van der Waals surface area contributed by atoms with Crippen LogP contribution in [0.15, 0.2) is 24.5 Å². The second-order valence-electron chi connectivity index (χ2n) is 4.47. The van der Waals surface area contributed by atoms with Gasteiger partial charge in [-0.2, -0.15) is 0 Å². The number of ether oxygens (including phenoxy) is 1.